The van der Waals surface area contributed by atoms with Crippen LogP contribution in [0.15, 0.2) is 53.0 Å². The average molecular weight is 316 g/mol. The normalized spacial score (nSPS) is 10.6. The fraction of sp³-hybridized carbons (Fsp3) is 0. The van der Waals surface area contributed by atoms with Gasteiger partial charge in [-0.05, 0) is 23.4 Å². The first-order chi connectivity index (χ1) is 9.24. The minimum Gasteiger partial charge on any atom is -0.397 e. The van der Waals surface area contributed by atoms with Crippen LogP contribution in [0.3, 0.4) is 0 Å². The standard InChI is InChI=1S/C13H10BrN5/c14-10-6-7-12(11(15)8-10)19-17-13(16-18-19)9-4-2-1-3-5-9/h1-8H,15H2. The molecule has 0 saturated heterocycles. The van der Waals surface area contributed by atoms with Gasteiger partial charge in [0.1, 0.15) is 5.69 Å². The van der Waals surface area contributed by atoms with Gasteiger partial charge in [-0.1, -0.05) is 46.3 Å². The molecule has 0 bridgehead atoms. The third-order valence-corrected chi connectivity index (χ3v) is 3.14. The highest BCUT2D eigenvalue weighted by molar-refractivity contribution is 9.10. The van der Waals surface area contributed by atoms with E-state index in [-0.39, 0.29) is 0 Å². The predicted octanol–water partition coefficient (Wildman–Crippen LogP) is 2.67. The number of nitrogens with zero attached hydrogens (tertiary/aromatic N) is 4. The highest BCUT2D eigenvalue weighted by atomic mass is 79.9. The molecule has 0 saturated carbocycles. The van der Waals surface area contributed by atoms with Crippen LogP contribution in [0.5, 0.6) is 0 Å². The molecule has 2 N–H and O–H groups in total. The zero-order chi connectivity index (χ0) is 13.2. The van der Waals surface area contributed by atoms with Crippen molar-refractivity contribution in [3.8, 4) is 17.1 Å². The average Bonchev–Trinajstić information content (AvgIpc) is 2.89. The topological polar surface area (TPSA) is 69.6 Å². The molecule has 0 radical (unpaired) electrons. The third kappa shape index (κ3) is 2.34. The summed E-state index contributed by atoms with van der Waals surface area (Å²) in [7, 11) is 0. The number of rotatable bonds is 2. The van der Waals surface area contributed by atoms with Crippen molar-refractivity contribution in [2.45, 2.75) is 0 Å². The van der Waals surface area contributed by atoms with Gasteiger partial charge in [-0.3, -0.25) is 0 Å². The number of anilines is 1. The summed E-state index contributed by atoms with van der Waals surface area (Å²) in [6.07, 6.45) is 0. The number of benzene rings is 2. The molecule has 6 heteroatoms. The van der Waals surface area contributed by atoms with Gasteiger partial charge >= 0.3 is 0 Å². The fourth-order valence-electron chi connectivity index (χ4n) is 1.73. The largest absolute Gasteiger partial charge is 0.397 e. The van der Waals surface area contributed by atoms with Crippen LogP contribution < -0.4 is 5.73 Å². The maximum absolute atomic E-state index is 5.94. The van der Waals surface area contributed by atoms with E-state index in [1.807, 2.05) is 42.5 Å². The van der Waals surface area contributed by atoms with E-state index in [9.17, 15) is 0 Å². The van der Waals surface area contributed by atoms with E-state index in [4.69, 9.17) is 5.73 Å². The molecule has 0 amide bonds. The molecule has 0 aliphatic heterocycles. The van der Waals surface area contributed by atoms with Crippen molar-refractivity contribution in [2.24, 2.45) is 0 Å². The van der Waals surface area contributed by atoms with E-state index in [1.165, 1.54) is 4.80 Å². The summed E-state index contributed by atoms with van der Waals surface area (Å²) in [5, 5.41) is 12.4. The highest BCUT2D eigenvalue weighted by Crippen LogP contribution is 2.21. The van der Waals surface area contributed by atoms with Gasteiger partial charge < -0.3 is 5.73 Å². The van der Waals surface area contributed by atoms with Gasteiger partial charge in [-0.25, -0.2) is 0 Å². The van der Waals surface area contributed by atoms with Crippen molar-refractivity contribution in [3.05, 3.63) is 53.0 Å². The van der Waals surface area contributed by atoms with Crippen molar-refractivity contribution in [2.75, 3.05) is 5.73 Å². The minimum atomic E-state index is 0.572. The second-order valence-corrected chi connectivity index (χ2v) is 4.89. The fourth-order valence-corrected chi connectivity index (χ4v) is 2.11. The monoisotopic (exact) mass is 315 g/mol. The molecule has 19 heavy (non-hydrogen) atoms. The van der Waals surface area contributed by atoms with Gasteiger partial charge in [0.15, 0.2) is 0 Å². The lowest BCUT2D eigenvalue weighted by atomic mass is 10.2. The summed E-state index contributed by atoms with van der Waals surface area (Å²) in [5.41, 5.74) is 8.16. The van der Waals surface area contributed by atoms with E-state index < -0.39 is 0 Å². The molecule has 0 fully saturated rings. The Labute approximate surface area is 118 Å². The second-order valence-electron chi connectivity index (χ2n) is 3.97. The Bertz CT molecular complexity index is 708. The number of nitrogen functional groups attached to an aromatic ring is 1. The van der Waals surface area contributed by atoms with Gasteiger partial charge in [0.05, 0.1) is 5.69 Å². The molecule has 0 atom stereocenters. The van der Waals surface area contributed by atoms with Gasteiger partial charge in [-0.2, -0.15) is 0 Å². The van der Waals surface area contributed by atoms with Crippen LogP contribution in [0.2, 0.25) is 0 Å². The molecule has 0 aliphatic carbocycles. The van der Waals surface area contributed by atoms with Crippen molar-refractivity contribution in [1.29, 1.82) is 0 Å². The molecular weight excluding hydrogens is 306 g/mol. The van der Waals surface area contributed by atoms with Crippen LogP contribution in [-0.2, 0) is 0 Å². The van der Waals surface area contributed by atoms with Crippen molar-refractivity contribution in [1.82, 2.24) is 20.2 Å². The van der Waals surface area contributed by atoms with Crippen LogP contribution in [0.1, 0.15) is 0 Å². The molecule has 94 valence electrons. The van der Waals surface area contributed by atoms with Gasteiger partial charge in [0.25, 0.3) is 0 Å². The predicted molar refractivity (Wildman–Crippen MR) is 76.7 cm³/mol. The smallest absolute Gasteiger partial charge is 0.205 e. The van der Waals surface area contributed by atoms with E-state index in [1.54, 1.807) is 6.07 Å². The number of hydrogen-bond donors (Lipinski definition) is 1. The third-order valence-electron chi connectivity index (χ3n) is 2.65. The SMILES string of the molecule is Nc1cc(Br)ccc1-n1nnc(-c2ccccc2)n1. The lowest BCUT2D eigenvalue weighted by Crippen LogP contribution is -2.03. The maximum atomic E-state index is 5.94. The highest BCUT2D eigenvalue weighted by Gasteiger charge is 2.09. The van der Waals surface area contributed by atoms with Crippen molar-refractivity contribution >= 4 is 21.6 Å². The lowest BCUT2D eigenvalue weighted by Gasteiger charge is -2.03. The summed E-state index contributed by atoms with van der Waals surface area (Å²) in [5.74, 6) is 0.572. The number of halogens is 1. The van der Waals surface area contributed by atoms with Gasteiger partial charge in [0, 0.05) is 10.0 Å². The number of tetrazole rings is 1. The molecule has 0 unspecified atom stereocenters. The zero-order valence-electron chi connectivity index (χ0n) is 9.86. The Morgan fingerprint density at radius 1 is 1.05 bits per heavy atom. The first kappa shape index (κ1) is 11.9. The molecule has 3 aromatic rings. The molecule has 0 spiro atoms. The minimum absolute atomic E-state index is 0.572. The van der Waals surface area contributed by atoms with Gasteiger partial charge in [0.2, 0.25) is 5.82 Å². The van der Waals surface area contributed by atoms with Crippen molar-refractivity contribution < 1.29 is 0 Å². The molecule has 0 aliphatic rings. The first-order valence-corrected chi connectivity index (χ1v) is 6.44. The van der Waals surface area contributed by atoms with Crippen LogP contribution in [0.4, 0.5) is 5.69 Å². The second kappa shape index (κ2) is 4.81. The maximum Gasteiger partial charge on any atom is 0.205 e. The quantitative estimate of drug-likeness (QED) is 0.738. The van der Waals surface area contributed by atoms with Crippen LogP contribution >= 0.6 is 15.9 Å². The van der Waals surface area contributed by atoms with Crippen molar-refractivity contribution in [3.63, 3.8) is 0 Å². The summed E-state index contributed by atoms with van der Waals surface area (Å²) < 4.78 is 0.914. The van der Waals surface area contributed by atoms with Crippen LogP contribution in [0.25, 0.3) is 17.1 Å². The molecule has 2 aromatic carbocycles. The Kier molecular flexibility index (Phi) is 3.00. The van der Waals surface area contributed by atoms with E-state index in [2.05, 4.69) is 31.3 Å². The Balaban J connectivity index is 2.02. The first-order valence-electron chi connectivity index (χ1n) is 5.65. The van der Waals surface area contributed by atoms with Gasteiger partial charge in [-0.15, -0.1) is 15.0 Å². The molecule has 1 heterocycles. The van der Waals surface area contributed by atoms with E-state index >= 15 is 0 Å². The summed E-state index contributed by atoms with van der Waals surface area (Å²) >= 11 is 3.37. The summed E-state index contributed by atoms with van der Waals surface area (Å²) in [6, 6.07) is 15.2. The van der Waals surface area contributed by atoms with Crippen LogP contribution in [-0.4, -0.2) is 20.2 Å². The molecular formula is C13H10BrN5. The lowest BCUT2D eigenvalue weighted by molar-refractivity contribution is 0.722. The zero-order valence-corrected chi connectivity index (χ0v) is 11.4. The summed E-state index contributed by atoms with van der Waals surface area (Å²) in [6.45, 7) is 0. The Morgan fingerprint density at radius 3 is 2.58 bits per heavy atom. The number of nitrogens with two attached hydrogens (primary N) is 1. The number of aromatic nitrogens is 4. The van der Waals surface area contributed by atoms with E-state index in [0.29, 0.717) is 17.2 Å². The summed E-state index contributed by atoms with van der Waals surface area (Å²) in [4.78, 5) is 1.43. The van der Waals surface area contributed by atoms with Crippen LogP contribution in [0, 0.1) is 0 Å². The molecule has 3 rings (SSSR count). The van der Waals surface area contributed by atoms with E-state index in [0.717, 1.165) is 10.0 Å². The molecule has 1 aromatic heterocycles. The number of hydrogen-bond acceptors (Lipinski definition) is 4. The Hall–Kier alpha value is -2.21. The Morgan fingerprint density at radius 2 is 1.84 bits per heavy atom. The molecule has 5 nitrogen and oxygen atoms in total.